The van der Waals surface area contributed by atoms with Gasteiger partial charge in [-0.1, -0.05) is 0 Å². The highest BCUT2D eigenvalue weighted by Crippen LogP contribution is 2.42. The molecule has 0 aliphatic carbocycles. The molecule has 1 aliphatic rings. The van der Waals surface area contributed by atoms with Crippen LogP contribution in [0.1, 0.15) is 26.3 Å². The highest BCUT2D eigenvalue weighted by atomic mass is 16.5. The number of hydrogen-bond donors (Lipinski definition) is 0. The van der Waals surface area contributed by atoms with Crippen LogP contribution in [0.5, 0.6) is 28.7 Å². The van der Waals surface area contributed by atoms with Crippen LogP contribution in [0, 0.1) is 0 Å². The van der Waals surface area contributed by atoms with Crippen LogP contribution in [0.25, 0.3) is 6.08 Å². The quantitative estimate of drug-likeness (QED) is 0.328. The van der Waals surface area contributed by atoms with Gasteiger partial charge in [0.25, 0.3) is 0 Å². The number of nitrogens with zero attached hydrogens (tertiary/aromatic N) is 1. The van der Waals surface area contributed by atoms with Crippen LogP contribution in [0.15, 0.2) is 60.6 Å². The Balaban J connectivity index is 1.61. The first-order valence-electron chi connectivity index (χ1n) is 9.55. The number of allylic oxidation sites excluding steroid dienone is 1. The molecule has 3 aromatic rings. The van der Waals surface area contributed by atoms with Gasteiger partial charge in [0, 0.05) is 24.0 Å². The predicted octanol–water partition coefficient (Wildman–Crippen LogP) is 3.94. The molecule has 4 rings (SSSR count). The molecule has 162 valence electrons. The number of Topliss-reactive ketones (excluding diaryl/α,β-unsaturated/α-hetero) is 1. The topological polar surface area (TPSA) is 93.2 Å². The number of fused-ring (bicyclic) bond motifs is 1. The van der Waals surface area contributed by atoms with Crippen molar-refractivity contribution in [1.29, 1.82) is 0 Å². The Morgan fingerprint density at radius 2 is 1.69 bits per heavy atom. The van der Waals surface area contributed by atoms with E-state index in [1.165, 1.54) is 39.8 Å². The summed E-state index contributed by atoms with van der Waals surface area (Å²) in [6.07, 6.45) is 4.56. The average Bonchev–Trinajstić information content (AvgIpc) is 3.13. The van der Waals surface area contributed by atoms with E-state index in [0.717, 1.165) is 0 Å². The van der Waals surface area contributed by atoms with Gasteiger partial charge in [-0.3, -0.25) is 9.78 Å². The summed E-state index contributed by atoms with van der Waals surface area (Å²) in [6, 6.07) is 11.1. The molecule has 0 bridgehead atoms. The second-order valence-electron chi connectivity index (χ2n) is 6.65. The van der Waals surface area contributed by atoms with E-state index in [-0.39, 0.29) is 17.3 Å². The number of esters is 1. The van der Waals surface area contributed by atoms with Crippen molar-refractivity contribution < 1.29 is 33.3 Å². The molecule has 0 amide bonds. The Morgan fingerprint density at radius 3 is 2.38 bits per heavy atom. The van der Waals surface area contributed by atoms with Crippen molar-refractivity contribution in [2.24, 2.45) is 0 Å². The third-order valence-corrected chi connectivity index (χ3v) is 4.79. The van der Waals surface area contributed by atoms with Gasteiger partial charge in [0.1, 0.15) is 11.5 Å². The van der Waals surface area contributed by atoms with Crippen molar-refractivity contribution in [2.75, 3.05) is 21.3 Å². The van der Waals surface area contributed by atoms with E-state index in [1.807, 2.05) is 0 Å². The van der Waals surface area contributed by atoms with Gasteiger partial charge in [0.05, 0.1) is 32.5 Å². The second kappa shape index (κ2) is 8.81. The molecule has 0 radical (unpaired) electrons. The SMILES string of the molecule is COc1ccc(/C=C2\Oc3cc(OC(=O)c4ccncc4)ccc3C2=O)c(OC)c1OC. The fourth-order valence-corrected chi connectivity index (χ4v) is 3.26. The van der Waals surface area contributed by atoms with Crippen LogP contribution in [0.3, 0.4) is 0 Å². The molecule has 0 unspecified atom stereocenters. The first-order valence-corrected chi connectivity index (χ1v) is 9.55. The zero-order valence-corrected chi connectivity index (χ0v) is 17.6. The monoisotopic (exact) mass is 433 g/mol. The van der Waals surface area contributed by atoms with Crippen molar-refractivity contribution >= 4 is 17.8 Å². The third kappa shape index (κ3) is 3.85. The number of carbonyl (C=O) groups is 2. The number of methoxy groups -OCH3 is 3. The minimum absolute atomic E-state index is 0.100. The van der Waals surface area contributed by atoms with E-state index in [1.54, 1.807) is 42.5 Å². The molecule has 0 fully saturated rings. The summed E-state index contributed by atoms with van der Waals surface area (Å²) >= 11 is 0. The smallest absolute Gasteiger partial charge is 0.343 e. The number of ketones is 1. The molecule has 1 aromatic heterocycles. The molecule has 8 heteroatoms. The molecule has 2 aromatic carbocycles. The summed E-state index contributed by atoms with van der Waals surface area (Å²) in [4.78, 5) is 29.0. The highest BCUT2D eigenvalue weighted by molar-refractivity contribution is 6.14. The van der Waals surface area contributed by atoms with Crippen LogP contribution < -0.4 is 23.7 Å². The number of hydrogen-bond acceptors (Lipinski definition) is 8. The number of rotatable bonds is 6. The fraction of sp³-hybridized carbons (Fsp3) is 0.125. The normalized spacial score (nSPS) is 13.3. The maximum Gasteiger partial charge on any atom is 0.343 e. The lowest BCUT2D eigenvalue weighted by molar-refractivity contribution is 0.0734. The van der Waals surface area contributed by atoms with Crippen molar-refractivity contribution in [2.45, 2.75) is 0 Å². The summed E-state index contributed by atoms with van der Waals surface area (Å²) in [5.74, 6) is 1.10. The van der Waals surface area contributed by atoms with Crippen molar-refractivity contribution in [3.05, 3.63) is 77.3 Å². The maximum absolute atomic E-state index is 12.8. The van der Waals surface area contributed by atoms with Crippen molar-refractivity contribution in [1.82, 2.24) is 4.98 Å². The van der Waals surface area contributed by atoms with Crippen LogP contribution in [0.2, 0.25) is 0 Å². The minimum atomic E-state index is -0.539. The van der Waals surface area contributed by atoms with Crippen LogP contribution in [0.4, 0.5) is 0 Å². The lowest BCUT2D eigenvalue weighted by Crippen LogP contribution is -2.08. The Bertz CT molecular complexity index is 1220. The molecular formula is C24H19NO7. The maximum atomic E-state index is 12.8. The average molecular weight is 433 g/mol. The number of aromatic nitrogens is 1. The molecule has 1 aliphatic heterocycles. The lowest BCUT2D eigenvalue weighted by Gasteiger charge is -2.14. The predicted molar refractivity (Wildman–Crippen MR) is 115 cm³/mol. The highest BCUT2D eigenvalue weighted by Gasteiger charge is 2.29. The van der Waals surface area contributed by atoms with Gasteiger partial charge in [-0.15, -0.1) is 0 Å². The van der Waals surface area contributed by atoms with Crippen LogP contribution in [-0.4, -0.2) is 38.1 Å². The summed E-state index contributed by atoms with van der Waals surface area (Å²) in [7, 11) is 4.52. The van der Waals surface area contributed by atoms with E-state index >= 15 is 0 Å². The van der Waals surface area contributed by atoms with E-state index in [4.69, 9.17) is 23.7 Å². The molecule has 2 heterocycles. The van der Waals surface area contributed by atoms with E-state index in [2.05, 4.69) is 4.98 Å². The van der Waals surface area contributed by atoms with Gasteiger partial charge < -0.3 is 23.7 Å². The van der Waals surface area contributed by atoms with E-state index in [9.17, 15) is 9.59 Å². The summed E-state index contributed by atoms with van der Waals surface area (Å²) < 4.78 is 27.3. The van der Waals surface area contributed by atoms with Gasteiger partial charge >= 0.3 is 5.97 Å². The zero-order valence-electron chi connectivity index (χ0n) is 17.6. The van der Waals surface area contributed by atoms with E-state index < -0.39 is 5.97 Å². The molecule has 32 heavy (non-hydrogen) atoms. The van der Waals surface area contributed by atoms with Crippen molar-refractivity contribution in [3.8, 4) is 28.7 Å². The third-order valence-electron chi connectivity index (χ3n) is 4.79. The number of carbonyl (C=O) groups excluding carboxylic acids is 2. The number of pyridine rings is 1. The van der Waals surface area contributed by atoms with Gasteiger partial charge in [0.15, 0.2) is 17.3 Å². The first kappa shape index (κ1) is 20.9. The van der Waals surface area contributed by atoms with Crippen LogP contribution >= 0.6 is 0 Å². The fourth-order valence-electron chi connectivity index (χ4n) is 3.26. The first-order chi connectivity index (χ1) is 15.5. The van der Waals surface area contributed by atoms with Crippen molar-refractivity contribution in [3.63, 3.8) is 0 Å². The lowest BCUT2D eigenvalue weighted by atomic mass is 10.1. The zero-order chi connectivity index (χ0) is 22.7. The minimum Gasteiger partial charge on any atom is -0.493 e. The molecule has 0 N–H and O–H groups in total. The van der Waals surface area contributed by atoms with E-state index in [0.29, 0.717) is 39.7 Å². The summed E-state index contributed by atoms with van der Waals surface area (Å²) in [5, 5.41) is 0. The van der Waals surface area contributed by atoms with Gasteiger partial charge in [-0.2, -0.15) is 0 Å². The van der Waals surface area contributed by atoms with Crippen LogP contribution in [-0.2, 0) is 0 Å². The second-order valence-corrected chi connectivity index (χ2v) is 6.65. The molecular weight excluding hydrogens is 414 g/mol. The molecule has 8 nitrogen and oxygen atoms in total. The number of ether oxygens (including phenoxy) is 5. The molecule has 0 atom stereocenters. The Morgan fingerprint density at radius 1 is 0.938 bits per heavy atom. The van der Waals surface area contributed by atoms with Gasteiger partial charge in [0.2, 0.25) is 11.5 Å². The summed E-state index contributed by atoms with van der Waals surface area (Å²) in [5.41, 5.74) is 1.30. The Labute approximate surface area is 184 Å². The standard InChI is InChI=1S/C24H19NO7/c1-28-18-7-4-15(22(29-2)23(18)30-3)12-20-21(26)17-6-5-16(13-19(17)32-20)31-24(27)14-8-10-25-11-9-14/h4-13H,1-3H3/b20-12-. The number of benzene rings is 2. The Kier molecular flexibility index (Phi) is 5.76. The molecule has 0 saturated heterocycles. The van der Waals surface area contributed by atoms with Gasteiger partial charge in [-0.05, 0) is 42.5 Å². The van der Waals surface area contributed by atoms with Gasteiger partial charge in [-0.25, -0.2) is 4.79 Å². The Hall–Kier alpha value is -4.33. The largest absolute Gasteiger partial charge is 0.493 e. The molecule has 0 saturated carbocycles. The summed E-state index contributed by atoms with van der Waals surface area (Å²) in [6.45, 7) is 0. The molecule has 0 spiro atoms.